The first-order chi connectivity index (χ1) is 13.7. The molecule has 0 N–H and O–H groups in total. The molecule has 28 heavy (non-hydrogen) atoms. The summed E-state index contributed by atoms with van der Waals surface area (Å²) >= 11 is 0. The molecular weight excluding hydrogens is 362 g/mol. The van der Waals surface area contributed by atoms with Crippen LogP contribution in [0.2, 0.25) is 0 Å². The summed E-state index contributed by atoms with van der Waals surface area (Å²) in [6.45, 7) is 2.71. The quantitative estimate of drug-likeness (QED) is 0.779. The number of benzene rings is 1. The maximum Gasteiger partial charge on any atom is 0.254 e. The fraction of sp³-hybridized carbons (Fsp3) is 0.550. The summed E-state index contributed by atoms with van der Waals surface area (Å²) in [5.41, 5.74) is 0.566. The standard InChI is InChI=1S/C20H25N3O5/c1-25-16-9-15(10-17(11-16)26-2)20(24)23-6-3-13(4-7-23)19-21-18(22-28-19)14-5-8-27-12-14/h9-11,13-14H,3-8,12H2,1-2H3/t14-/m1/s1. The number of aromatic nitrogens is 2. The Hall–Kier alpha value is -2.61. The largest absolute Gasteiger partial charge is 0.497 e. The van der Waals surface area contributed by atoms with Gasteiger partial charge >= 0.3 is 0 Å². The zero-order valence-electron chi connectivity index (χ0n) is 16.2. The van der Waals surface area contributed by atoms with E-state index in [-0.39, 0.29) is 17.7 Å². The lowest BCUT2D eigenvalue weighted by Crippen LogP contribution is -2.38. The normalized spacial score (nSPS) is 20.4. The Bertz CT molecular complexity index is 801. The fourth-order valence-electron chi connectivity index (χ4n) is 3.76. The molecule has 2 fully saturated rings. The highest BCUT2D eigenvalue weighted by atomic mass is 16.5. The summed E-state index contributed by atoms with van der Waals surface area (Å²) < 4.78 is 21.4. The van der Waals surface area contributed by atoms with Crippen molar-refractivity contribution in [2.75, 3.05) is 40.5 Å². The number of ether oxygens (including phenoxy) is 3. The van der Waals surface area contributed by atoms with Crippen LogP contribution in [0.15, 0.2) is 22.7 Å². The monoisotopic (exact) mass is 387 g/mol. The Balaban J connectivity index is 1.39. The van der Waals surface area contributed by atoms with Crippen LogP contribution in [0.5, 0.6) is 11.5 Å². The Morgan fingerprint density at radius 2 is 1.79 bits per heavy atom. The molecule has 2 aromatic rings. The number of piperidine rings is 1. The van der Waals surface area contributed by atoms with Gasteiger partial charge < -0.3 is 23.6 Å². The second-order valence-electron chi connectivity index (χ2n) is 7.22. The molecule has 150 valence electrons. The molecule has 3 heterocycles. The van der Waals surface area contributed by atoms with Gasteiger partial charge in [0.2, 0.25) is 5.89 Å². The van der Waals surface area contributed by atoms with Crippen LogP contribution in [0.1, 0.15) is 53.2 Å². The van der Waals surface area contributed by atoms with Crippen molar-refractivity contribution < 1.29 is 23.5 Å². The number of carbonyl (C=O) groups excluding carboxylic acids is 1. The van der Waals surface area contributed by atoms with E-state index in [4.69, 9.17) is 18.7 Å². The van der Waals surface area contributed by atoms with E-state index in [2.05, 4.69) is 10.1 Å². The number of likely N-dealkylation sites (tertiary alicyclic amines) is 1. The molecule has 0 spiro atoms. The van der Waals surface area contributed by atoms with Gasteiger partial charge in [0.05, 0.1) is 20.8 Å². The molecule has 0 bridgehead atoms. The fourth-order valence-corrected chi connectivity index (χ4v) is 3.76. The molecule has 1 aromatic heterocycles. The van der Waals surface area contributed by atoms with Gasteiger partial charge in [-0.2, -0.15) is 4.98 Å². The van der Waals surface area contributed by atoms with Gasteiger partial charge in [-0.1, -0.05) is 5.16 Å². The molecule has 4 rings (SSSR count). The second-order valence-corrected chi connectivity index (χ2v) is 7.22. The van der Waals surface area contributed by atoms with E-state index in [0.717, 1.165) is 31.7 Å². The minimum atomic E-state index is -0.0232. The average Bonchev–Trinajstić information content (AvgIpc) is 3.44. The molecule has 0 saturated carbocycles. The topological polar surface area (TPSA) is 86.9 Å². The number of amides is 1. The number of carbonyl (C=O) groups is 1. The number of methoxy groups -OCH3 is 2. The molecule has 1 amide bonds. The summed E-state index contributed by atoms with van der Waals surface area (Å²) in [5, 5.41) is 4.14. The summed E-state index contributed by atoms with van der Waals surface area (Å²) in [5.74, 6) is 3.03. The first-order valence-corrected chi connectivity index (χ1v) is 9.61. The second kappa shape index (κ2) is 8.18. The van der Waals surface area contributed by atoms with Gasteiger partial charge in [0.15, 0.2) is 5.82 Å². The van der Waals surface area contributed by atoms with E-state index in [1.807, 2.05) is 4.90 Å². The summed E-state index contributed by atoms with van der Waals surface area (Å²) in [4.78, 5) is 19.4. The lowest BCUT2D eigenvalue weighted by molar-refractivity contribution is 0.0703. The third-order valence-electron chi connectivity index (χ3n) is 5.48. The number of rotatable bonds is 5. The smallest absolute Gasteiger partial charge is 0.254 e. The highest BCUT2D eigenvalue weighted by molar-refractivity contribution is 5.95. The summed E-state index contributed by atoms with van der Waals surface area (Å²) in [6.07, 6.45) is 2.54. The molecule has 0 aliphatic carbocycles. The Labute approximate surface area is 163 Å². The maximum absolute atomic E-state index is 12.9. The van der Waals surface area contributed by atoms with E-state index in [1.54, 1.807) is 32.4 Å². The molecule has 8 nitrogen and oxygen atoms in total. The van der Waals surface area contributed by atoms with Crippen LogP contribution in [0.4, 0.5) is 0 Å². The average molecular weight is 387 g/mol. The predicted molar refractivity (Wildman–Crippen MR) is 99.9 cm³/mol. The van der Waals surface area contributed by atoms with E-state index in [9.17, 15) is 4.79 Å². The van der Waals surface area contributed by atoms with Gasteiger partial charge in [-0.15, -0.1) is 0 Å². The lowest BCUT2D eigenvalue weighted by Gasteiger charge is -2.30. The Morgan fingerprint density at radius 1 is 1.07 bits per heavy atom. The molecule has 1 aromatic carbocycles. The minimum Gasteiger partial charge on any atom is -0.497 e. The first-order valence-electron chi connectivity index (χ1n) is 9.61. The third-order valence-corrected chi connectivity index (χ3v) is 5.48. The van der Waals surface area contributed by atoms with Crippen molar-refractivity contribution in [1.82, 2.24) is 15.0 Å². The number of nitrogens with zero attached hydrogens (tertiary/aromatic N) is 3. The van der Waals surface area contributed by atoms with Gasteiger partial charge in [0, 0.05) is 43.2 Å². The van der Waals surface area contributed by atoms with Crippen molar-refractivity contribution in [2.24, 2.45) is 0 Å². The molecule has 1 atom stereocenters. The zero-order chi connectivity index (χ0) is 19.5. The van der Waals surface area contributed by atoms with Crippen LogP contribution in [-0.4, -0.2) is 61.5 Å². The van der Waals surface area contributed by atoms with Gasteiger partial charge in [0.1, 0.15) is 11.5 Å². The van der Waals surface area contributed by atoms with Crippen molar-refractivity contribution in [3.63, 3.8) is 0 Å². The SMILES string of the molecule is COc1cc(OC)cc(C(=O)N2CCC(c3nc([C@@H]4CCOC4)no3)CC2)c1. The molecule has 0 unspecified atom stereocenters. The van der Waals surface area contributed by atoms with E-state index < -0.39 is 0 Å². The van der Waals surface area contributed by atoms with Crippen molar-refractivity contribution >= 4 is 5.91 Å². The van der Waals surface area contributed by atoms with Gasteiger partial charge in [-0.3, -0.25) is 4.79 Å². The van der Waals surface area contributed by atoms with Gasteiger partial charge in [0.25, 0.3) is 5.91 Å². The lowest BCUT2D eigenvalue weighted by atomic mass is 9.96. The van der Waals surface area contributed by atoms with E-state index >= 15 is 0 Å². The summed E-state index contributed by atoms with van der Waals surface area (Å²) in [6, 6.07) is 5.24. The number of hydrogen-bond acceptors (Lipinski definition) is 7. The van der Waals surface area contributed by atoms with Crippen LogP contribution in [0.3, 0.4) is 0 Å². The molecule has 2 aliphatic rings. The van der Waals surface area contributed by atoms with Crippen molar-refractivity contribution in [3.8, 4) is 11.5 Å². The highest BCUT2D eigenvalue weighted by Gasteiger charge is 2.30. The third kappa shape index (κ3) is 3.82. The highest BCUT2D eigenvalue weighted by Crippen LogP contribution is 2.31. The maximum atomic E-state index is 12.9. The molecule has 2 aliphatic heterocycles. The van der Waals surface area contributed by atoms with Crippen LogP contribution in [0, 0.1) is 0 Å². The molecule has 2 saturated heterocycles. The van der Waals surface area contributed by atoms with Crippen LogP contribution in [-0.2, 0) is 4.74 Å². The predicted octanol–water partition coefficient (Wildman–Crippen LogP) is 2.61. The van der Waals surface area contributed by atoms with Crippen molar-refractivity contribution in [3.05, 3.63) is 35.5 Å². The summed E-state index contributed by atoms with van der Waals surface area (Å²) in [7, 11) is 3.15. The van der Waals surface area contributed by atoms with Crippen molar-refractivity contribution in [2.45, 2.75) is 31.1 Å². The molecule has 0 radical (unpaired) electrons. The Kier molecular flexibility index (Phi) is 5.47. The minimum absolute atomic E-state index is 0.0232. The first kappa shape index (κ1) is 18.7. The van der Waals surface area contributed by atoms with Crippen LogP contribution in [0.25, 0.3) is 0 Å². The van der Waals surface area contributed by atoms with Gasteiger partial charge in [-0.25, -0.2) is 0 Å². The Morgan fingerprint density at radius 3 is 2.39 bits per heavy atom. The molecular formula is C20H25N3O5. The molecule has 8 heteroatoms. The number of hydrogen-bond donors (Lipinski definition) is 0. The van der Waals surface area contributed by atoms with Crippen LogP contribution >= 0.6 is 0 Å². The zero-order valence-corrected chi connectivity index (χ0v) is 16.2. The van der Waals surface area contributed by atoms with E-state index in [0.29, 0.717) is 42.6 Å². The van der Waals surface area contributed by atoms with Gasteiger partial charge in [-0.05, 0) is 31.4 Å². The van der Waals surface area contributed by atoms with E-state index in [1.165, 1.54) is 0 Å². The van der Waals surface area contributed by atoms with Crippen molar-refractivity contribution in [1.29, 1.82) is 0 Å². The van der Waals surface area contributed by atoms with Crippen LogP contribution < -0.4 is 9.47 Å².